The quantitative estimate of drug-likeness (QED) is 0.827. The molecular weight excluding hydrogens is 383 g/mol. The normalized spacial score (nSPS) is 21.7. The van der Waals surface area contributed by atoms with Crippen LogP contribution in [0.3, 0.4) is 0 Å². The number of nitrogens with one attached hydrogen (secondary N) is 2. The van der Waals surface area contributed by atoms with Gasteiger partial charge in [-0.1, -0.05) is 47.5 Å². The number of hydrogen-bond donors (Lipinski definition) is 2. The Balaban J connectivity index is 1.89. The summed E-state index contributed by atoms with van der Waals surface area (Å²) in [6.07, 6.45) is -0.469. The molecule has 1 aliphatic rings. The van der Waals surface area contributed by atoms with Crippen LogP contribution in [0.4, 0.5) is 0 Å². The van der Waals surface area contributed by atoms with E-state index in [1.54, 1.807) is 48.5 Å². The topological polar surface area (TPSA) is 67.4 Å². The van der Waals surface area contributed by atoms with Gasteiger partial charge in [0.25, 0.3) is 0 Å². The van der Waals surface area contributed by atoms with Crippen molar-refractivity contribution in [2.75, 3.05) is 19.7 Å². The van der Waals surface area contributed by atoms with E-state index in [1.807, 2.05) is 0 Å². The van der Waals surface area contributed by atoms with Crippen LogP contribution in [0.15, 0.2) is 53.4 Å². The first-order valence-corrected chi connectivity index (χ1v) is 10.1. The van der Waals surface area contributed by atoms with Crippen molar-refractivity contribution in [2.24, 2.45) is 0 Å². The van der Waals surface area contributed by atoms with Crippen molar-refractivity contribution in [3.05, 3.63) is 64.1 Å². The molecule has 2 aromatic carbocycles. The van der Waals surface area contributed by atoms with E-state index in [0.29, 0.717) is 29.7 Å². The summed E-state index contributed by atoms with van der Waals surface area (Å²) in [6, 6.07) is 13.0. The first-order chi connectivity index (χ1) is 12.0. The molecule has 2 atom stereocenters. The smallest absolute Gasteiger partial charge is 0.240 e. The third kappa shape index (κ3) is 4.53. The van der Waals surface area contributed by atoms with Gasteiger partial charge in [-0.15, -0.1) is 0 Å². The maximum absolute atomic E-state index is 12.7. The Labute approximate surface area is 157 Å². The maximum Gasteiger partial charge on any atom is 0.240 e. The fourth-order valence-corrected chi connectivity index (χ4v) is 4.29. The van der Waals surface area contributed by atoms with Crippen molar-refractivity contribution < 1.29 is 13.2 Å². The first-order valence-electron chi connectivity index (χ1n) is 7.82. The molecule has 0 unspecified atom stereocenters. The molecule has 0 aromatic heterocycles. The third-order valence-electron chi connectivity index (χ3n) is 3.94. The molecule has 0 aliphatic carbocycles. The highest BCUT2D eigenvalue weighted by atomic mass is 35.5. The van der Waals surface area contributed by atoms with Gasteiger partial charge in [0, 0.05) is 13.1 Å². The van der Waals surface area contributed by atoms with Crippen LogP contribution in [0.5, 0.6) is 0 Å². The van der Waals surface area contributed by atoms with Gasteiger partial charge in [0.05, 0.1) is 27.6 Å². The molecule has 1 heterocycles. The van der Waals surface area contributed by atoms with Crippen LogP contribution in [0.1, 0.15) is 11.7 Å². The average molecular weight is 401 g/mol. The fraction of sp³-hybridized carbons (Fsp3) is 0.294. The van der Waals surface area contributed by atoms with E-state index in [2.05, 4.69) is 10.0 Å². The van der Waals surface area contributed by atoms with E-state index in [9.17, 15) is 8.42 Å². The predicted molar refractivity (Wildman–Crippen MR) is 98.6 cm³/mol. The fourth-order valence-electron chi connectivity index (χ4n) is 2.73. The molecule has 5 nitrogen and oxygen atoms in total. The van der Waals surface area contributed by atoms with Crippen LogP contribution in [-0.4, -0.2) is 34.2 Å². The molecule has 0 saturated carbocycles. The van der Waals surface area contributed by atoms with Gasteiger partial charge in [0.15, 0.2) is 0 Å². The highest BCUT2D eigenvalue weighted by molar-refractivity contribution is 7.89. The molecule has 1 saturated heterocycles. The van der Waals surface area contributed by atoms with E-state index >= 15 is 0 Å². The van der Waals surface area contributed by atoms with Crippen LogP contribution in [-0.2, 0) is 14.8 Å². The van der Waals surface area contributed by atoms with Crippen LogP contribution in [0, 0.1) is 0 Å². The summed E-state index contributed by atoms with van der Waals surface area (Å²) in [6.45, 7) is 1.55. The Morgan fingerprint density at radius 2 is 1.84 bits per heavy atom. The van der Waals surface area contributed by atoms with Gasteiger partial charge in [0.1, 0.15) is 6.10 Å². The number of hydrogen-bond acceptors (Lipinski definition) is 4. The Morgan fingerprint density at radius 3 is 2.56 bits per heavy atom. The highest BCUT2D eigenvalue weighted by Crippen LogP contribution is 2.30. The van der Waals surface area contributed by atoms with E-state index in [1.165, 1.54) is 0 Å². The lowest BCUT2D eigenvalue weighted by Crippen LogP contribution is -2.44. The standard InChI is InChI=1S/C17H18Cl2N2O3S/c18-14-7-6-12(10-15(14)19)17-16(11-20-8-9-24-17)21-25(22,23)13-4-2-1-3-5-13/h1-7,10,16-17,20-21H,8-9,11H2/t16-,17+/m1/s1. The van der Waals surface area contributed by atoms with E-state index in [-0.39, 0.29) is 4.90 Å². The van der Waals surface area contributed by atoms with Gasteiger partial charge in [-0.25, -0.2) is 13.1 Å². The largest absolute Gasteiger partial charge is 0.370 e. The van der Waals surface area contributed by atoms with Crippen molar-refractivity contribution in [2.45, 2.75) is 17.0 Å². The minimum absolute atomic E-state index is 0.215. The Bertz CT molecular complexity index is 831. The highest BCUT2D eigenvalue weighted by Gasteiger charge is 2.30. The van der Waals surface area contributed by atoms with Gasteiger partial charge < -0.3 is 10.1 Å². The molecule has 0 amide bonds. The first kappa shape index (κ1) is 18.6. The molecule has 134 valence electrons. The summed E-state index contributed by atoms with van der Waals surface area (Å²) in [5.74, 6) is 0. The predicted octanol–water partition coefficient (Wildman–Crippen LogP) is 3.00. The maximum atomic E-state index is 12.7. The number of rotatable bonds is 4. The monoisotopic (exact) mass is 400 g/mol. The summed E-state index contributed by atoms with van der Waals surface area (Å²) < 4.78 is 34.0. The molecular formula is C17H18Cl2N2O3S. The molecule has 2 N–H and O–H groups in total. The lowest BCUT2D eigenvalue weighted by atomic mass is 10.0. The van der Waals surface area contributed by atoms with E-state index in [4.69, 9.17) is 27.9 Å². The Hall–Kier alpha value is -1.15. The van der Waals surface area contributed by atoms with Crippen molar-refractivity contribution in [3.8, 4) is 0 Å². The van der Waals surface area contributed by atoms with Crippen LogP contribution < -0.4 is 10.0 Å². The zero-order chi connectivity index (χ0) is 17.9. The molecule has 3 rings (SSSR count). The minimum atomic E-state index is -3.66. The lowest BCUT2D eigenvalue weighted by molar-refractivity contribution is 0.0493. The SMILES string of the molecule is O=S(=O)(N[C@@H]1CNCCO[C@H]1c1ccc(Cl)c(Cl)c1)c1ccccc1. The summed E-state index contributed by atoms with van der Waals surface area (Å²) >= 11 is 12.1. The second-order valence-electron chi connectivity index (χ2n) is 5.71. The second-order valence-corrected chi connectivity index (χ2v) is 8.24. The molecule has 0 spiro atoms. The number of halogens is 2. The molecule has 0 radical (unpaired) electrons. The van der Waals surface area contributed by atoms with Crippen molar-refractivity contribution in [3.63, 3.8) is 0 Å². The number of sulfonamides is 1. The van der Waals surface area contributed by atoms with Crippen LogP contribution in [0.2, 0.25) is 10.0 Å². The van der Waals surface area contributed by atoms with E-state index < -0.39 is 22.2 Å². The summed E-state index contributed by atoms with van der Waals surface area (Å²) in [7, 11) is -3.66. The van der Waals surface area contributed by atoms with Crippen LogP contribution >= 0.6 is 23.2 Å². The van der Waals surface area contributed by atoms with Gasteiger partial charge in [-0.05, 0) is 29.8 Å². The zero-order valence-corrected chi connectivity index (χ0v) is 15.6. The van der Waals surface area contributed by atoms with Crippen LogP contribution in [0.25, 0.3) is 0 Å². The summed E-state index contributed by atoms with van der Waals surface area (Å²) in [5.41, 5.74) is 0.777. The number of ether oxygens (including phenoxy) is 1. The van der Waals surface area contributed by atoms with Crippen molar-refractivity contribution >= 4 is 33.2 Å². The van der Waals surface area contributed by atoms with Crippen molar-refractivity contribution in [1.82, 2.24) is 10.0 Å². The zero-order valence-electron chi connectivity index (χ0n) is 13.3. The molecule has 1 aliphatic heterocycles. The summed E-state index contributed by atoms with van der Waals surface area (Å²) in [4.78, 5) is 0.215. The molecule has 2 aromatic rings. The third-order valence-corrected chi connectivity index (χ3v) is 6.18. The van der Waals surface area contributed by atoms with Gasteiger partial charge in [-0.3, -0.25) is 0 Å². The van der Waals surface area contributed by atoms with Crippen molar-refractivity contribution in [1.29, 1.82) is 0 Å². The summed E-state index contributed by atoms with van der Waals surface area (Å²) in [5, 5.41) is 4.04. The van der Waals surface area contributed by atoms with Gasteiger partial charge >= 0.3 is 0 Å². The Kier molecular flexibility index (Phi) is 5.99. The minimum Gasteiger partial charge on any atom is -0.370 e. The molecule has 25 heavy (non-hydrogen) atoms. The average Bonchev–Trinajstić information content (AvgIpc) is 2.83. The second kappa shape index (κ2) is 8.03. The molecule has 1 fully saturated rings. The van der Waals surface area contributed by atoms with E-state index in [0.717, 1.165) is 5.56 Å². The van der Waals surface area contributed by atoms with Gasteiger partial charge in [-0.2, -0.15) is 0 Å². The molecule has 0 bridgehead atoms. The Morgan fingerprint density at radius 1 is 1.08 bits per heavy atom. The van der Waals surface area contributed by atoms with Gasteiger partial charge in [0.2, 0.25) is 10.0 Å². The number of benzene rings is 2. The molecule has 8 heteroatoms. The lowest BCUT2D eigenvalue weighted by Gasteiger charge is -2.26.